The SMILES string of the molecule is CCC(C(=O)NC(C)(C)C)N(Cc1ccccc1)C(=O)CN(c1ccc(C)cc1)S(=O)(=O)c1ccc(OC)cc1. The third-order valence-electron chi connectivity index (χ3n) is 6.33. The smallest absolute Gasteiger partial charge is 0.264 e. The van der Waals surface area contributed by atoms with Crippen molar-refractivity contribution in [2.24, 2.45) is 0 Å². The van der Waals surface area contributed by atoms with E-state index in [-0.39, 0.29) is 17.3 Å². The molecule has 2 amide bonds. The number of anilines is 1. The third-order valence-corrected chi connectivity index (χ3v) is 8.12. The number of carbonyl (C=O) groups excluding carboxylic acids is 2. The molecule has 3 aromatic rings. The molecule has 8 nitrogen and oxygen atoms in total. The van der Waals surface area contributed by atoms with Crippen LogP contribution in [-0.2, 0) is 26.2 Å². The van der Waals surface area contributed by atoms with Crippen molar-refractivity contribution >= 4 is 27.5 Å². The number of hydrogen-bond acceptors (Lipinski definition) is 5. The van der Waals surface area contributed by atoms with Crippen molar-refractivity contribution in [3.8, 4) is 5.75 Å². The van der Waals surface area contributed by atoms with E-state index in [2.05, 4.69) is 5.32 Å². The molecule has 0 aromatic heterocycles. The number of carbonyl (C=O) groups is 2. The Morgan fingerprint density at radius 3 is 2.05 bits per heavy atom. The Morgan fingerprint density at radius 2 is 1.52 bits per heavy atom. The number of hydrogen-bond donors (Lipinski definition) is 1. The van der Waals surface area contributed by atoms with Gasteiger partial charge in [0.05, 0.1) is 17.7 Å². The van der Waals surface area contributed by atoms with Crippen LogP contribution in [0.2, 0.25) is 0 Å². The molecule has 0 aliphatic rings. The number of rotatable bonds is 11. The van der Waals surface area contributed by atoms with Gasteiger partial charge in [0.2, 0.25) is 11.8 Å². The molecule has 0 aliphatic carbocycles. The lowest BCUT2D eigenvalue weighted by Crippen LogP contribution is -2.55. The molecular formula is C31H39N3O5S. The van der Waals surface area contributed by atoms with Crippen LogP contribution < -0.4 is 14.4 Å². The number of aryl methyl sites for hydroxylation is 1. The summed E-state index contributed by atoms with van der Waals surface area (Å²) in [5.41, 5.74) is 1.63. The van der Waals surface area contributed by atoms with Gasteiger partial charge in [-0.15, -0.1) is 0 Å². The second-order valence-corrected chi connectivity index (χ2v) is 12.6. The molecule has 214 valence electrons. The standard InChI is InChI=1S/C31H39N3O5S/c1-7-28(30(36)32-31(3,4)5)33(21-24-11-9-8-10-12-24)29(35)22-34(25-15-13-23(2)14-16-25)40(37,38)27-19-17-26(39-6)18-20-27/h8-20,28H,7,21-22H2,1-6H3,(H,32,36). The van der Waals surface area contributed by atoms with Crippen molar-refractivity contribution in [2.75, 3.05) is 18.0 Å². The number of nitrogens with zero attached hydrogens (tertiary/aromatic N) is 2. The Bertz CT molecular complexity index is 1380. The molecule has 0 radical (unpaired) electrons. The zero-order chi connectivity index (χ0) is 29.5. The predicted octanol–water partition coefficient (Wildman–Crippen LogP) is 4.92. The van der Waals surface area contributed by atoms with Crippen LogP contribution in [0.25, 0.3) is 0 Å². The lowest BCUT2D eigenvalue weighted by Gasteiger charge is -2.34. The maximum atomic E-state index is 14.1. The van der Waals surface area contributed by atoms with Crippen LogP contribution in [0.4, 0.5) is 5.69 Å². The van der Waals surface area contributed by atoms with Gasteiger partial charge in [-0.05, 0) is 76.1 Å². The van der Waals surface area contributed by atoms with Gasteiger partial charge >= 0.3 is 0 Å². The summed E-state index contributed by atoms with van der Waals surface area (Å²) in [7, 11) is -2.64. The van der Waals surface area contributed by atoms with Crippen molar-refractivity contribution in [1.29, 1.82) is 0 Å². The molecule has 1 atom stereocenters. The molecule has 0 fully saturated rings. The predicted molar refractivity (Wildman–Crippen MR) is 158 cm³/mol. The fourth-order valence-corrected chi connectivity index (χ4v) is 5.68. The number of nitrogens with one attached hydrogen (secondary N) is 1. The first kappa shape index (κ1) is 30.7. The molecule has 0 heterocycles. The van der Waals surface area contributed by atoms with Crippen molar-refractivity contribution in [3.05, 3.63) is 90.0 Å². The highest BCUT2D eigenvalue weighted by molar-refractivity contribution is 7.92. The zero-order valence-corrected chi connectivity index (χ0v) is 24.9. The Kier molecular flexibility index (Phi) is 9.98. The molecule has 9 heteroatoms. The normalized spacial score (nSPS) is 12.3. The van der Waals surface area contributed by atoms with Crippen molar-refractivity contribution < 1.29 is 22.7 Å². The van der Waals surface area contributed by atoms with Crippen LogP contribution >= 0.6 is 0 Å². The lowest BCUT2D eigenvalue weighted by atomic mass is 10.1. The van der Waals surface area contributed by atoms with Crippen LogP contribution in [0.15, 0.2) is 83.8 Å². The van der Waals surface area contributed by atoms with E-state index in [0.29, 0.717) is 17.9 Å². The molecule has 0 saturated carbocycles. The van der Waals surface area contributed by atoms with E-state index in [4.69, 9.17) is 4.74 Å². The molecule has 1 N–H and O–H groups in total. The lowest BCUT2D eigenvalue weighted by molar-refractivity contribution is -0.141. The molecule has 3 rings (SSSR count). The zero-order valence-electron chi connectivity index (χ0n) is 24.0. The summed E-state index contributed by atoms with van der Waals surface area (Å²) < 4.78 is 34.1. The topological polar surface area (TPSA) is 96.0 Å². The summed E-state index contributed by atoms with van der Waals surface area (Å²) in [6.07, 6.45) is 0.357. The molecule has 1 unspecified atom stereocenters. The highest BCUT2D eigenvalue weighted by Crippen LogP contribution is 2.26. The summed E-state index contributed by atoms with van der Waals surface area (Å²) in [5, 5.41) is 2.97. The average molecular weight is 566 g/mol. The molecule has 3 aromatic carbocycles. The Morgan fingerprint density at radius 1 is 0.925 bits per heavy atom. The van der Waals surface area contributed by atoms with Crippen LogP contribution in [0, 0.1) is 6.92 Å². The van der Waals surface area contributed by atoms with Gasteiger partial charge in [0.25, 0.3) is 10.0 Å². The van der Waals surface area contributed by atoms with Crippen LogP contribution in [0.3, 0.4) is 0 Å². The molecule has 40 heavy (non-hydrogen) atoms. The number of ether oxygens (including phenoxy) is 1. The molecule has 0 saturated heterocycles. The summed E-state index contributed by atoms with van der Waals surface area (Å²) in [6, 6.07) is 21.5. The second-order valence-electron chi connectivity index (χ2n) is 10.7. The van der Waals surface area contributed by atoms with E-state index in [1.165, 1.54) is 24.1 Å². The monoisotopic (exact) mass is 565 g/mol. The average Bonchev–Trinajstić information content (AvgIpc) is 2.91. The highest BCUT2D eigenvalue weighted by atomic mass is 32.2. The largest absolute Gasteiger partial charge is 0.497 e. The summed E-state index contributed by atoms with van der Waals surface area (Å²) in [4.78, 5) is 28.9. The van der Waals surface area contributed by atoms with E-state index >= 15 is 0 Å². The van der Waals surface area contributed by atoms with Gasteiger partial charge in [-0.1, -0.05) is 55.0 Å². The van der Waals surface area contributed by atoms with E-state index in [1.807, 2.05) is 65.0 Å². The first-order valence-electron chi connectivity index (χ1n) is 13.2. The van der Waals surface area contributed by atoms with Gasteiger partial charge in [0.1, 0.15) is 18.3 Å². The van der Waals surface area contributed by atoms with E-state index in [0.717, 1.165) is 15.4 Å². The number of benzene rings is 3. The fraction of sp³-hybridized carbons (Fsp3) is 0.355. The minimum atomic E-state index is -4.15. The van der Waals surface area contributed by atoms with Crippen molar-refractivity contribution in [2.45, 2.75) is 64.1 Å². The van der Waals surface area contributed by atoms with E-state index < -0.39 is 34.1 Å². The van der Waals surface area contributed by atoms with Gasteiger partial charge in [-0.2, -0.15) is 0 Å². The van der Waals surface area contributed by atoms with Gasteiger partial charge in [0.15, 0.2) is 0 Å². The third kappa shape index (κ3) is 7.85. The second kappa shape index (κ2) is 13.0. The summed E-state index contributed by atoms with van der Waals surface area (Å²) in [6.45, 7) is 9.04. The number of sulfonamides is 1. The van der Waals surface area contributed by atoms with Gasteiger partial charge in [-0.3, -0.25) is 13.9 Å². The van der Waals surface area contributed by atoms with Crippen molar-refractivity contribution in [1.82, 2.24) is 10.2 Å². The fourth-order valence-electron chi connectivity index (χ4n) is 4.27. The first-order chi connectivity index (χ1) is 18.9. The van der Waals surface area contributed by atoms with Gasteiger partial charge in [-0.25, -0.2) is 8.42 Å². The Balaban J connectivity index is 2.05. The van der Waals surface area contributed by atoms with Gasteiger partial charge < -0.3 is 15.0 Å². The van der Waals surface area contributed by atoms with Gasteiger partial charge in [0, 0.05) is 12.1 Å². The molecule has 0 bridgehead atoms. The Labute approximate surface area is 238 Å². The van der Waals surface area contributed by atoms with E-state index in [1.54, 1.807) is 36.4 Å². The Hall–Kier alpha value is -3.85. The highest BCUT2D eigenvalue weighted by Gasteiger charge is 2.34. The molecular weight excluding hydrogens is 526 g/mol. The van der Waals surface area contributed by atoms with Crippen LogP contribution in [-0.4, -0.2) is 50.4 Å². The van der Waals surface area contributed by atoms with Crippen molar-refractivity contribution in [3.63, 3.8) is 0 Å². The van der Waals surface area contributed by atoms with Crippen LogP contribution in [0.5, 0.6) is 5.75 Å². The maximum absolute atomic E-state index is 14.1. The minimum Gasteiger partial charge on any atom is -0.497 e. The maximum Gasteiger partial charge on any atom is 0.264 e. The summed E-state index contributed by atoms with van der Waals surface area (Å²) in [5.74, 6) is -0.266. The van der Waals surface area contributed by atoms with E-state index in [9.17, 15) is 18.0 Å². The molecule has 0 spiro atoms. The minimum absolute atomic E-state index is 0.0220. The number of methoxy groups -OCH3 is 1. The number of amides is 2. The summed E-state index contributed by atoms with van der Waals surface area (Å²) >= 11 is 0. The molecule has 0 aliphatic heterocycles. The van der Waals surface area contributed by atoms with Crippen LogP contribution in [0.1, 0.15) is 45.2 Å². The quantitative estimate of drug-likeness (QED) is 0.356. The first-order valence-corrected chi connectivity index (χ1v) is 14.7.